The van der Waals surface area contributed by atoms with E-state index in [2.05, 4.69) is 4.98 Å². The molecule has 0 bridgehead atoms. The van der Waals surface area contributed by atoms with E-state index in [4.69, 9.17) is 10.8 Å². The summed E-state index contributed by atoms with van der Waals surface area (Å²) in [6.07, 6.45) is 0. The summed E-state index contributed by atoms with van der Waals surface area (Å²) < 4.78 is 0. The lowest BCUT2D eigenvalue weighted by Crippen LogP contribution is -2.10. The second-order valence-corrected chi connectivity index (χ2v) is 2.82. The van der Waals surface area contributed by atoms with Crippen molar-refractivity contribution in [2.24, 2.45) is 5.73 Å². The van der Waals surface area contributed by atoms with Crippen molar-refractivity contribution in [3.05, 3.63) is 30.0 Å². The first-order chi connectivity index (χ1) is 6.16. The largest absolute Gasteiger partial charge is 0.508 e. The van der Waals surface area contributed by atoms with E-state index in [1.807, 2.05) is 0 Å². The van der Waals surface area contributed by atoms with Crippen molar-refractivity contribution >= 4 is 16.8 Å². The topological polar surface area (TPSA) is 79.1 Å². The zero-order chi connectivity index (χ0) is 9.42. The number of nitrogens with two attached hydrogens (primary N) is 1. The fourth-order valence-electron chi connectivity index (χ4n) is 1.25. The molecule has 0 radical (unpaired) electrons. The summed E-state index contributed by atoms with van der Waals surface area (Å²) in [5.41, 5.74) is 6.13. The number of rotatable bonds is 1. The van der Waals surface area contributed by atoms with Crippen LogP contribution in [0.1, 0.15) is 10.5 Å². The van der Waals surface area contributed by atoms with Gasteiger partial charge in [-0.3, -0.25) is 4.79 Å². The molecule has 4 nitrogen and oxygen atoms in total. The molecule has 0 unspecified atom stereocenters. The van der Waals surface area contributed by atoms with E-state index in [0.717, 1.165) is 5.39 Å². The number of hydrogen-bond donors (Lipinski definition) is 3. The Morgan fingerprint density at radius 3 is 2.85 bits per heavy atom. The summed E-state index contributed by atoms with van der Waals surface area (Å²) >= 11 is 0. The minimum absolute atomic E-state index is 0.158. The molecule has 0 atom stereocenters. The van der Waals surface area contributed by atoms with Crippen molar-refractivity contribution in [1.82, 2.24) is 4.98 Å². The van der Waals surface area contributed by atoms with Gasteiger partial charge < -0.3 is 15.8 Å². The molecule has 0 aliphatic rings. The number of benzene rings is 1. The van der Waals surface area contributed by atoms with Crippen molar-refractivity contribution in [3.8, 4) is 5.75 Å². The molecule has 0 saturated carbocycles. The minimum atomic E-state index is -0.504. The summed E-state index contributed by atoms with van der Waals surface area (Å²) in [7, 11) is 0. The Hall–Kier alpha value is -1.97. The van der Waals surface area contributed by atoms with Gasteiger partial charge in [-0.2, -0.15) is 0 Å². The third kappa shape index (κ3) is 1.22. The smallest absolute Gasteiger partial charge is 0.265 e. The summed E-state index contributed by atoms with van der Waals surface area (Å²) in [6.45, 7) is 0. The van der Waals surface area contributed by atoms with Crippen molar-refractivity contribution in [2.75, 3.05) is 0 Å². The summed E-state index contributed by atoms with van der Waals surface area (Å²) in [5, 5.41) is 10.00. The molecule has 4 N–H and O–H groups in total. The molecule has 0 saturated heterocycles. The van der Waals surface area contributed by atoms with Crippen molar-refractivity contribution in [2.45, 2.75) is 0 Å². The van der Waals surface area contributed by atoms with Crippen LogP contribution in [0.15, 0.2) is 24.3 Å². The first kappa shape index (κ1) is 7.67. The number of aromatic amines is 1. The first-order valence-corrected chi connectivity index (χ1v) is 3.78. The Labute approximate surface area is 74.0 Å². The van der Waals surface area contributed by atoms with E-state index in [1.54, 1.807) is 24.3 Å². The number of amides is 1. The van der Waals surface area contributed by atoms with Gasteiger partial charge in [0.2, 0.25) is 0 Å². The van der Waals surface area contributed by atoms with Gasteiger partial charge in [-0.15, -0.1) is 0 Å². The minimum Gasteiger partial charge on any atom is -0.508 e. The molecule has 1 aromatic carbocycles. The van der Waals surface area contributed by atoms with Gasteiger partial charge in [0.15, 0.2) is 0 Å². The second-order valence-electron chi connectivity index (χ2n) is 2.82. The Kier molecular flexibility index (Phi) is 1.48. The van der Waals surface area contributed by atoms with Crippen molar-refractivity contribution in [1.29, 1.82) is 0 Å². The average molecular weight is 176 g/mol. The molecule has 1 amide bonds. The fourth-order valence-corrected chi connectivity index (χ4v) is 1.25. The Bertz CT molecular complexity index is 473. The number of aromatic nitrogens is 1. The van der Waals surface area contributed by atoms with Gasteiger partial charge in [-0.25, -0.2) is 0 Å². The van der Waals surface area contributed by atoms with Gasteiger partial charge in [0, 0.05) is 17.0 Å². The van der Waals surface area contributed by atoms with Gasteiger partial charge in [0.05, 0.1) is 0 Å². The van der Waals surface area contributed by atoms with E-state index in [1.165, 1.54) is 0 Å². The third-order valence-corrected chi connectivity index (χ3v) is 1.87. The molecule has 0 spiro atoms. The highest BCUT2D eigenvalue weighted by Gasteiger charge is 2.05. The molecule has 0 aliphatic carbocycles. The average Bonchev–Trinajstić information content (AvgIpc) is 2.46. The number of nitrogens with one attached hydrogen (secondary N) is 1. The molecule has 1 aromatic heterocycles. The van der Waals surface area contributed by atoms with E-state index in [-0.39, 0.29) is 5.75 Å². The summed E-state index contributed by atoms with van der Waals surface area (Å²) in [6, 6.07) is 6.47. The monoisotopic (exact) mass is 176 g/mol. The summed E-state index contributed by atoms with van der Waals surface area (Å²) in [5.74, 6) is -0.346. The third-order valence-electron chi connectivity index (χ3n) is 1.87. The van der Waals surface area contributed by atoms with E-state index < -0.39 is 5.91 Å². The number of fused-ring (bicyclic) bond motifs is 1. The second kappa shape index (κ2) is 2.52. The maximum absolute atomic E-state index is 10.8. The van der Waals surface area contributed by atoms with Gasteiger partial charge in [-0.05, 0) is 18.2 Å². The maximum atomic E-state index is 10.8. The quantitative estimate of drug-likeness (QED) is 0.605. The number of phenols is 1. The van der Waals surface area contributed by atoms with Gasteiger partial charge in [-0.1, -0.05) is 0 Å². The molecule has 2 rings (SSSR count). The molecular formula is C9H8N2O2. The zero-order valence-corrected chi connectivity index (χ0v) is 6.74. The van der Waals surface area contributed by atoms with Crippen LogP contribution in [0.4, 0.5) is 0 Å². The zero-order valence-electron chi connectivity index (χ0n) is 6.74. The summed E-state index contributed by atoms with van der Waals surface area (Å²) in [4.78, 5) is 13.6. The molecule has 66 valence electrons. The Balaban J connectivity index is 2.68. The molecule has 4 heteroatoms. The lowest BCUT2D eigenvalue weighted by Gasteiger charge is -1.90. The van der Waals surface area contributed by atoms with Gasteiger partial charge >= 0.3 is 0 Å². The predicted molar refractivity (Wildman–Crippen MR) is 48.5 cm³/mol. The van der Waals surface area contributed by atoms with Crippen molar-refractivity contribution < 1.29 is 9.90 Å². The number of aromatic hydroxyl groups is 1. The number of phenolic OH excluding ortho intramolecular Hbond substituents is 1. The number of carbonyl (C=O) groups excluding carboxylic acids is 1. The molecule has 0 fully saturated rings. The van der Waals surface area contributed by atoms with E-state index in [9.17, 15) is 4.79 Å². The highest BCUT2D eigenvalue weighted by molar-refractivity contribution is 5.97. The number of primary amides is 1. The molecule has 1 heterocycles. The standard InChI is InChI=1S/C9H8N2O2/c10-9(13)8-3-5-1-2-6(12)4-7(5)11-8/h1-4,11-12H,(H2,10,13). The predicted octanol–water partition coefficient (Wildman–Crippen LogP) is 0.972. The molecule has 2 aromatic rings. The highest BCUT2D eigenvalue weighted by Crippen LogP contribution is 2.19. The maximum Gasteiger partial charge on any atom is 0.265 e. The van der Waals surface area contributed by atoms with Crippen LogP contribution in [0.5, 0.6) is 5.75 Å². The van der Waals surface area contributed by atoms with E-state index in [0.29, 0.717) is 11.2 Å². The molecule has 0 aliphatic heterocycles. The van der Waals surface area contributed by atoms with Crippen LogP contribution in [0.25, 0.3) is 10.9 Å². The van der Waals surface area contributed by atoms with Crippen LogP contribution >= 0.6 is 0 Å². The van der Waals surface area contributed by atoms with Gasteiger partial charge in [0.25, 0.3) is 5.91 Å². The van der Waals surface area contributed by atoms with E-state index >= 15 is 0 Å². The van der Waals surface area contributed by atoms with Crippen LogP contribution in [-0.4, -0.2) is 16.0 Å². The Morgan fingerprint density at radius 1 is 1.38 bits per heavy atom. The lowest BCUT2D eigenvalue weighted by atomic mass is 10.2. The van der Waals surface area contributed by atoms with Crippen LogP contribution in [0, 0.1) is 0 Å². The highest BCUT2D eigenvalue weighted by atomic mass is 16.3. The lowest BCUT2D eigenvalue weighted by molar-refractivity contribution is 0.0996. The van der Waals surface area contributed by atoms with Crippen LogP contribution in [-0.2, 0) is 0 Å². The Morgan fingerprint density at radius 2 is 2.15 bits per heavy atom. The number of H-pyrrole nitrogens is 1. The normalized spacial score (nSPS) is 10.5. The van der Waals surface area contributed by atoms with Crippen LogP contribution < -0.4 is 5.73 Å². The fraction of sp³-hybridized carbons (Fsp3) is 0. The number of hydrogen-bond acceptors (Lipinski definition) is 2. The number of carbonyl (C=O) groups is 1. The molecular weight excluding hydrogens is 168 g/mol. The first-order valence-electron chi connectivity index (χ1n) is 3.78. The van der Waals surface area contributed by atoms with Gasteiger partial charge in [0.1, 0.15) is 11.4 Å². The van der Waals surface area contributed by atoms with Crippen LogP contribution in [0.3, 0.4) is 0 Å². The SMILES string of the molecule is NC(=O)c1cc2ccc(O)cc2[nH]1. The van der Waals surface area contributed by atoms with Crippen LogP contribution in [0.2, 0.25) is 0 Å². The molecule has 13 heavy (non-hydrogen) atoms. The van der Waals surface area contributed by atoms with Crippen molar-refractivity contribution in [3.63, 3.8) is 0 Å².